The summed E-state index contributed by atoms with van der Waals surface area (Å²) in [6, 6.07) is -1.15. The summed E-state index contributed by atoms with van der Waals surface area (Å²) in [6.07, 6.45) is -0.749. The molecule has 8 heteroatoms. The molecule has 8 nitrogen and oxygen atoms in total. The maximum absolute atomic E-state index is 11.4. The van der Waals surface area contributed by atoms with Crippen molar-refractivity contribution in [2.24, 2.45) is 0 Å². The highest BCUT2D eigenvalue weighted by atomic mass is 16.6. The second-order valence-electron chi connectivity index (χ2n) is 4.68. The van der Waals surface area contributed by atoms with E-state index in [4.69, 9.17) is 9.84 Å². The molecule has 19 heavy (non-hydrogen) atoms. The van der Waals surface area contributed by atoms with Crippen LogP contribution in [0.5, 0.6) is 0 Å². The molecule has 0 saturated heterocycles. The number of amides is 2. The predicted molar refractivity (Wildman–Crippen MR) is 65.3 cm³/mol. The molecule has 3 N–H and O–H groups in total. The number of aliphatic hydroxyl groups is 1. The number of hydrogen-bond acceptors (Lipinski definition) is 6. The van der Waals surface area contributed by atoms with Crippen LogP contribution in [0, 0.1) is 0 Å². The van der Waals surface area contributed by atoms with Crippen molar-refractivity contribution in [3.63, 3.8) is 0 Å². The van der Waals surface area contributed by atoms with Crippen molar-refractivity contribution < 1.29 is 29.0 Å². The molecule has 1 unspecified atom stereocenters. The first-order chi connectivity index (χ1) is 8.69. The van der Waals surface area contributed by atoms with E-state index in [-0.39, 0.29) is 6.54 Å². The van der Waals surface area contributed by atoms with E-state index in [1.165, 1.54) is 0 Å². The van der Waals surface area contributed by atoms with Crippen LogP contribution in [0.25, 0.3) is 0 Å². The lowest BCUT2D eigenvalue weighted by Crippen LogP contribution is -2.48. The van der Waals surface area contributed by atoms with Gasteiger partial charge in [-0.1, -0.05) is 0 Å². The lowest BCUT2D eigenvalue weighted by atomic mass is 10.2. The van der Waals surface area contributed by atoms with E-state index in [2.05, 4.69) is 15.4 Å². The molecule has 2 amide bonds. The number of rotatable bonds is 5. The third-order valence-electron chi connectivity index (χ3n) is 1.80. The smallest absolute Gasteiger partial charge is 0.408 e. The molecule has 0 aliphatic carbocycles. The Bertz CT molecular complexity index is 337. The van der Waals surface area contributed by atoms with Crippen LogP contribution in [0.1, 0.15) is 20.8 Å². The normalized spacial score (nSPS) is 12.3. The van der Waals surface area contributed by atoms with Gasteiger partial charge in [0.05, 0.1) is 13.7 Å². The number of alkyl carbamates (subject to hydrolysis) is 1. The maximum atomic E-state index is 11.4. The summed E-state index contributed by atoms with van der Waals surface area (Å²) < 4.78 is 9.29. The molecule has 0 aliphatic heterocycles. The fraction of sp³-hybridized carbons (Fsp3) is 0.727. The lowest BCUT2D eigenvalue weighted by Gasteiger charge is -2.20. The van der Waals surface area contributed by atoms with Crippen molar-refractivity contribution in [3.8, 4) is 0 Å². The van der Waals surface area contributed by atoms with Gasteiger partial charge in [-0.2, -0.15) is 0 Å². The molecule has 0 heterocycles. The van der Waals surface area contributed by atoms with Gasteiger partial charge in [-0.25, -0.2) is 9.59 Å². The van der Waals surface area contributed by atoms with Crippen molar-refractivity contribution in [1.82, 2.24) is 10.6 Å². The van der Waals surface area contributed by atoms with Gasteiger partial charge in [0.1, 0.15) is 12.1 Å². The van der Waals surface area contributed by atoms with Crippen LogP contribution >= 0.6 is 0 Å². The fourth-order valence-electron chi connectivity index (χ4n) is 1.03. The molecule has 0 bridgehead atoms. The van der Waals surface area contributed by atoms with E-state index in [1.807, 2.05) is 0 Å². The largest absolute Gasteiger partial charge is 0.467 e. The van der Waals surface area contributed by atoms with Gasteiger partial charge in [0.15, 0.2) is 6.04 Å². The third-order valence-corrected chi connectivity index (χ3v) is 1.80. The van der Waals surface area contributed by atoms with Crippen molar-refractivity contribution >= 4 is 18.0 Å². The Labute approximate surface area is 111 Å². The summed E-state index contributed by atoms with van der Waals surface area (Å²) in [4.78, 5) is 33.8. The summed E-state index contributed by atoms with van der Waals surface area (Å²) in [5, 5.41) is 13.3. The van der Waals surface area contributed by atoms with E-state index in [0.29, 0.717) is 0 Å². The van der Waals surface area contributed by atoms with Gasteiger partial charge >= 0.3 is 12.1 Å². The minimum atomic E-state index is -1.15. The Morgan fingerprint density at radius 1 is 1.26 bits per heavy atom. The van der Waals surface area contributed by atoms with Crippen LogP contribution in [0.15, 0.2) is 0 Å². The number of carbonyl (C=O) groups is 3. The first-order valence-electron chi connectivity index (χ1n) is 5.64. The van der Waals surface area contributed by atoms with Crippen LogP contribution in [0.3, 0.4) is 0 Å². The van der Waals surface area contributed by atoms with E-state index in [1.54, 1.807) is 20.8 Å². The summed E-state index contributed by atoms with van der Waals surface area (Å²) in [5.74, 6) is -1.41. The average Bonchev–Trinajstić information content (AvgIpc) is 2.30. The van der Waals surface area contributed by atoms with Crippen LogP contribution in [-0.4, -0.2) is 55.0 Å². The summed E-state index contributed by atoms with van der Waals surface area (Å²) >= 11 is 0. The standard InChI is InChI=1S/C11H20N2O6/c1-11(2,3)19-10(17)12-5-8(15)13-7(6-14)9(16)18-4/h7,14H,5-6H2,1-4H3,(H,12,17)(H,13,15). The second kappa shape index (κ2) is 7.57. The Morgan fingerprint density at radius 3 is 2.26 bits per heavy atom. The molecule has 0 spiro atoms. The number of hydrogen-bond donors (Lipinski definition) is 3. The predicted octanol–water partition coefficient (Wildman–Crippen LogP) is -0.839. The summed E-state index contributed by atoms with van der Waals surface area (Å²) in [7, 11) is 1.14. The number of carbonyl (C=O) groups excluding carboxylic acids is 3. The molecule has 0 aliphatic rings. The number of ether oxygens (including phenoxy) is 2. The Morgan fingerprint density at radius 2 is 1.84 bits per heavy atom. The van der Waals surface area contributed by atoms with Crippen molar-refractivity contribution in [2.75, 3.05) is 20.3 Å². The molecule has 0 saturated carbocycles. The Kier molecular flexibility index (Phi) is 6.84. The van der Waals surface area contributed by atoms with Gasteiger partial charge in [-0.05, 0) is 20.8 Å². The molecule has 1 atom stereocenters. The number of esters is 1. The van der Waals surface area contributed by atoms with Crippen molar-refractivity contribution in [2.45, 2.75) is 32.4 Å². The van der Waals surface area contributed by atoms with Crippen molar-refractivity contribution in [3.05, 3.63) is 0 Å². The van der Waals surface area contributed by atoms with Crippen LogP contribution in [0.2, 0.25) is 0 Å². The van der Waals surface area contributed by atoms with Gasteiger partial charge < -0.3 is 25.2 Å². The molecule has 0 aromatic heterocycles. The molecule has 0 rings (SSSR count). The molecule has 110 valence electrons. The Balaban J connectivity index is 4.11. The first kappa shape index (κ1) is 17.2. The quantitative estimate of drug-likeness (QED) is 0.564. The second-order valence-corrected chi connectivity index (χ2v) is 4.68. The van der Waals surface area contributed by atoms with Crippen LogP contribution in [0.4, 0.5) is 4.79 Å². The average molecular weight is 276 g/mol. The Hall–Kier alpha value is -1.83. The number of aliphatic hydroxyl groups excluding tert-OH is 1. The topological polar surface area (TPSA) is 114 Å². The number of nitrogens with one attached hydrogen (secondary N) is 2. The van der Waals surface area contributed by atoms with Gasteiger partial charge in [0.2, 0.25) is 5.91 Å². The highest BCUT2D eigenvalue weighted by Crippen LogP contribution is 2.05. The molecule has 0 fully saturated rings. The monoisotopic (exact) mass is 276 g/mol. The SMILES string of the molecule is COC(=O)C(CO)NC(=O)CNC(=O)OC(C)(C)C. The van der Waals surface area contributed by atoms with Gasteiger partial charge in [-0.15, -0.1) is 0 Å². The van der Waals surface area contributed by atoms with E-state index in [9.17, 15) is 14.4 Å². The van der Waals surface area contributed by atoms with E-state index < -0.39 is 36.2 Å². The van der Waals surface area contributed by atoms with Crippen LogP contribution < -0.4 is 10.6 Å². The van der Waals surface area contributed by atoms with E-state index in [0.717, 1.165) is 7.11 Å². The first-order valence-corrected chi connectivity index (χ1v) is 5.64. The van der Waals surface area contributed by atoms with Crippen molar-refractivity contribution in [1.29, 1.82) is 0 Å². The maximum Gasteiger partial charge on any atom is 0.408 e. The summed E-state index contributed by atoms with van der Waals surface area (Å²) in [6.45, 7) is 4.09. The molecule has 0 aromatic rings. The highest BCUT2D eigenvalue weighted by molar-refractivity contribution is 5.87. The number of methoxy groups -OCH3 is 1. The molecule has 0 aromatic carbocycles. The van der Waals surface area contributed by atoms with Crippen LogP contribution in [-0.2, 0) is 19.1 Å². The molecular weight excluding hydrogens is 256 g/mol. The zero-order chi connectivity index (χ0) is 15.1. The zero-order valence-corrected chi connectivity index (χ0v) is 11.5. The third kappa shape index (κ3) is 7.98. The van der Waals surface area contributed by atoms with Gasteiger partial charge in [0, 0.05) is 0 Å². The molecule has 0 radical (unpaired) electrons. The fourth-order valence-corrected chi connectivity index (χ4v) is 1.03. The highest BCUT2D eigenvalue weighted by Gasteiger charge is 2.21. The van der Waals surface area contributed by atoms with Gasteiger partial charge in [-0.3, -0.25) is 4.79 Å². The summed E-state index contributed by atoms with van der Waals surface area (Å²) in [5.41, 5.74) is -0.666. The zero-order valence-electron chi connectivity index (χ0n) is 11.5. The minimum absolute atomic E-state index is 0.373. The lowest BCUT2D eigenvalue weighted by molar-refractivity contribution is -0.146. The minimum Gasteiger partial charge on any atom is -0.467 e. The van der Waals surface area contributed by atoms with E-state index >= 15 is 0 Å². The van der Waals surface area contributed by atoms with Gasteiger partial charge in [0.25, 0.3) is 0 Å². The molecular formula is C11H20N2O6.